The van der Waals surface area contributed by atoms with Crippen molar-refractivity contribution in [2.24, 2.45) is 0 Å². The van der Waals surface area contributed by atoms with Gasteiger partial charge in [0.25, 0.3) is 0 Å². The molecule has 0 saturated carbocycles. The number of nitrogens with zero attached hydrogens (tertiary/aromatic N) is 3. The Labute approximate surface area is 185 Å². The molecule has 0 fully saturated rings. The minimum absolute atomic E-state index is 0.0259. The highest BCUT2D eigenvalue weighted by Gasteiger charge is 2.31. The van der Waals surface area contributed by atoms with E-state index in [1.807, 2.05) is 6.92 Å². The third kappa shape index (κ3) is 5.00. The van der Waals surface area contributed by atoms with Crippen LogP contribution < -0.4 is 10.1 Å². The molecular formula is C23H17F5N4O. The number of ether oxygens (including phenoxy) is 1. The zero-order valence-electron chi connectivity index (χ0n) is 17.2. The molecule has 33 heavy (non-hydrogen) atoms. The van der Waals surface area contributed by atoms with Gasteiger partial charge in [-0.3, -0.25) is 0 Å². The van der Waals surface area contributed by atoms with E-state index in [9.17, 15) is 22.0 Å². The predicted molar refractivity (Wildman–Crippen MR) is 112 cm³/mol. The second-order valence-corrected chi connectivity index (χ2v) is 7.31. The molecule has 170 valence electrons. The van der Waals surface area contributed by atoms with Crippen molar-refractivity contribution >= 4 is 16.7 Å². The summed E-state index contributed by atoms with van der Waals surface area (Å²) in [6, 6.07) is 10.5. The minimum atomic E-state index is -4.49. The second-order valence-electron chi connectivity index (χ2n) is 7.31. The standard InChI is InChI=1S/C23H17F5N4O/c1-13(11-30-22-20-17(24)6-7-18(25)21(20)31-12-32-22)14-2-4-16(5-3-14)33-19-10-15(8-9-29-19)23(26,27)28/h2-10,12-13H,11H2,1H3,(H,30,31,32). The van der Waals surface area contributed by atoms with Gasteiger partial charge in [0.15, 0.2) is 0 Å². The number of hydrogen-bond donors (Lipinski definition) is 1. The van der Waals surface area contributed by atoms with Gasteiger partial charge in [-0.15, -0.1) is 0 Å². The third-order valence-electron chi connectivity index (χ3n) is 5.00. The molecule has 2 heterocycles. The lowest BCUT2D eigenvalue weighted by atomic mass is 10.0. The van der Waals surface area contributed by atoms with Gasteiger partial charge in [-0.05, 0) is 41.8 Å². The number of benzene rings is 2. The van der Waals surface area contributed by atoms with E-state index in [1.165, 1.54) is 0 Å². The summed E-state index contributed by atoms with van der Waals surface area (Å²) in [6.07, 6.45) is -2.30. The molecule has 0 aliphatic rings. The van der Waals surface area contributed by atoms with E-state index < -0.39 is 23.4 Å². The summed E-state index contributed by atoms with van der Waals surface area (Å²) in [7, 11) is 0. The van der Waals surface area contributed by atoms with Gasteiger partial charge in [0.2, 0.25) is 5.88 Å². The Morgan fingerprint density at radius 1 is 0.939 bits per heavy atom. The first kappa shape index (κ1) is 22.4. The van der Waals surface area contributed by atoms with Crippen LogP contribution in [0.5, 0.6) is 11.6 Å². The van der Waals surface area contributed by atoms with E-state index in [-0.39, 0.29) is 28.5 Å². The van der Waals surface area contributed by atoms with E-state index in [4.69, 9.17) is 4.74 Å². The maximum Gasteiger partial charge on any atom is 0.416 e. The van der Waals surface area contributed by atoms with Gasteiger partial charge in [-0.2, -0.15) is 13.2 Å². The number of hydrogen-bond acceptors (Lipinski definition) is 5. The number of rotatable bonds is 6. The van der Waals surface area contributed by atoms with Crippen LogP contribution in [0, 0.1) is 11.6 Å². The van der Waals surface area contributed by atoms with Crippen LogP contribution >= 0.6 is 0 Å². The van der Waals surface area contributed by atoms with E-state index in [2.05, 4.69) is 20.3 Å². The van der Waals surface area contributed by atoms with Crippen molar-refractivity contribution < 1.29 is 26.7 Å². The lowest BCUT2D eigenvalue weighted by Crippen LogP contribution is -2.12. The number of alkyl halides is 3. The smallest absolute Gasteiger partial charge is 0.416 e. The van der Waals surface area contributed by atoms with Crippen molar-refractivity contribution in [2.45, 2.75) is 19.0 Å². The van der Waals surface area contributed by atoms with Crippen molar-refractivity contribution in [1.29, 1.82) is 0 Å². The molecule has 0 aliphatic carbocycles. The topological polar surface area (TPSA) is 59.9 Å². The number of halogens is 5. The molecule has 0 aliphatic heterocycles. The Balaban J connectivity index is 1.44. The van der Waals surface area contributed by atoms with Gasteiger partial charge in [-0.25, -0.2) is 23.7 Å². The second kappa shape index (κ2) is 8.97. The van der Waals surface area contributed by atoms with E-state index in [0.717, 1.165) is 42.4 Å². The Hall–Kier alpha value is -3.82. The summed E-state index contributed by atoms with van der Waals surface area (Å²) in [5.74, 6) is -1.00. The predicted octanol–water partition coefficient (Wildman–Crippen LogP) is 6.33. The third-order valence-corrected chi connectivity index (χ3v) is 5.00. The Kier molecular flexibility index (Phi) is 6.08. The number of aromatic nitrogens is 3. The largest absolute Gasteiger partial charge is 0.439 e. The number of pyridine rings is 1. The molecule has 1 unspecified atom stereocenters. The number of fused-ring (bicyclic) bond motifs is 1. The Morgan fingerprint density at radius 3 is 2.39 bits per heavy atom. The first-order chi connectivity index (χ1) is 15.7. The highest BCUT2D eigenvalue weighted by atomic mass is 19.4. The molecule has 0 saturated heterocycles. The molecule has 4 rings (SSSR count). The van der Waals surface area contributed by atoms with Gasteiger partial charge in [0.1, 0.15) is 35.0 Å². The zero-order valence-corrected chi connectivity index (χ0v) is 17.2. The van der Waals surface area contributed by atoms with Gasteiger partial charge in [0, 0.05) is 18.8 Å². The maximum atomic E-state index is 14.2. The van der Waals surface area contributed by atoms with Gasteiger partial charge >= 0.3 is 6.18 Å². The monoisotopic (exact) mass is 460 g/mol. The molecule has 0 spiro atoms. The van der Waals surface area contributed by atoms with Crippen molar-refractivity contribution in [3.63, 3.8) is 0 Å². The molecule has 2 aromatic heterocycles. The first-order valence-electron chi connectivity index (χ1n) is 9.86. The van der Waals surface area contributed by atoms with Crippen molar-refractivity contribution in [1.82, 2.24) is 15.0 Å². The molecule has 1 atom stereocenters. The lowest BCUT2D eigenvalue weighted by molar-refractivity contribution is -0.137. The van der Waals surface area contributed by atoms with E-state index in [1.54, 1.807) is 24.3 Å². The quantitative estimate of drug-likeness (QED) is 0.341. The molecule has 4 aromatic rings. The fourth-order valence-electron chi connectivity index (χ4n) is 3.23. The van der Waals surface area contributed by atoms with Gasteiger partial charge in [-0.1, -0.05) is 19.1 Å². The van der Waals surface area contributed by atoms with Crippen LogP contribution in [0.2, 0.25) is 0 Å². The number of nitrogens with one attached hydrogen (secondary N) is 1. The summed E-state index contributed by atoms with van der Waals surface area (Å²) >= 11 is 0. The van der Waals surface area contributed by atoms with E-state index >= 15 is 0 Å². The van der Waals surface area contributed by atoms with Crippen LogP contribution in [0.4, 0.5) is 27.8 Å². The summed E-state index contributed by atoms with van der Waals surface area (Å²) in [4.78, 5) is 11.6. The molecule has 0 bridgehead atoms. The van der Waals surface area contributed by atoms with Gasteiger partial charge in [0.05, 0.1) is 10.9 Å². The minimum Gasteiger partial charge on any atom is -0.439 e. The molecule has 0 radical (unpaired) electrons. The van der Waals surface area contributed by atoms with Crippen molar-refractivity contribution in [2.75, 3.05) is 11.9 Å². The zero-order chi connectivity index (χ0) is 23.6. The van der Waals surface area contributed by atoms with Crippen LogP contribution in [0.15, 0.2) is 61.1 Å². The van der Waals surface area contributed by atoms with Crippen molar-refractivity contribution in [3.05, 3.63) is 83.8 Å². The summed E-state index contributed by atoms with van der Waals surface area (Å²) < 4.78 is 72.1. The molecule has 5 nitrogen and oxygen atoms in total. The average molecular weight is 460 g/mol. The molecule has 10 heteroatoms. The molecule has 1 N–H and O–H groups in total. The summed E-state index contributed by atoms with van der Waals surface area (Å²) in [5, 5.41) is 3.00. The van der Waals surface area contributed by atoms with Gasteiger partial charge < -0.3 is 10.1 Å². The van der Waals surface area contributed by atoms with Crippen LogP contribution in [0.1, 0.15) is 24.0 Å². The van der Waals surface area contributed by atoms with Crippen LogP contribution in [-0.2, 0) is 6.18 Å². The highest BCUT2D eigenvalue weighted by Crippen LogP contribution is 2.32. The normalized spacial score (nSPS) is 12.5. The van der Waals surface area contributed by atoms with E-state index in [0.29, 0.717) is 12.3 Å². The summed E-state index contributed by atoms with van der Waals surface area (Å²) in [6.45, 7) is 2.27. The summed E-state index contributed by atoms with van der Waals surface area (Å²) in [5.41, 5.74) is -0.0703. The van der Waals surface area contributed by atoms with Crippen molar-refractivity contribution in [3.8, 4) is 11.6 Å². The molecule has 2 aromatic carbocycles. The SMILES string of the molecule is CC(CNc1ncnc2c(F)ccc(F)c12)c1ccc(Oc2cc(C(F)(F)F)ccn2)cc1. The van der Waals surface area contributed by atoms with Crippen LogP contribution in [-0.4, -0.2) is 21.5 Å². The average Bonchev–Trinajstić information content (AvgIpc) is 2.80. The lowest BCUT2D eigenvalue weighted by Gasteiger charge is -2.15. The fraction of sp³-hybridized carbons (Fsp3) is 0.174. The highest BCUT2D eigenvalue weighted by molar-refractivity contribution is 5.89. The Morgan fingerprint density at radius 2 is 1.67 bits per heavy atom. The fourth-order valence-corrected chi connectivity index (χ4v) is 3.23. The van der Waals surface area contributed by atoms with Crippen LogP contribution in [0.25, 0.3) is 10.9 Å². The Bertz CT molecular complexity index is 1280. The molecule has 0 amide bonds. The molecular weight excluding hydrogens is 443 g/mol. The number of anilines is 1. The van der Waals surface area contributed by atoms with Crippen LogP contribution in [0.3, 0.4) is 0 Å². The first-order valence-corrected chi connectivity index (χ1v) is 9.86. The maximum absolute atomic E-state index is 14.2.